The highest BCUT2D eigenvalue weighted by Crippen LogP contribution is 2.30. The van der Waals surface area contributed by atoms with Crippen molar-refractivity contribution >= 4 is 51.6 Å². The number of rotatable bonds is 1. The number of hydrogen-bond acceptors (Lipinski definition) is 2. The first kappa shape index (κ1) is 10.9. The minimum atomic E-state index is -0.158. The molecule has 0 radical (unpaired) electrons. The van der Waals surface area contributed by atoms with Crippen LogP contribution in [0.5, 0.6) is 0 Å². The lowest BCUT2D eigenvalue weighted by Gasteiger charge is -2.03. The lowest BCUT2D eigenvalue weighted by Crippen LogP contribution is -1.93. The van der Waals surface area contributed by atoms with Crippen molar-refractivity contribution in [3.05, 3.63) is 32.8 Å². The van der Waals surface area contributed by atoms with Crippen molar-refractivity contribution in [2.45, 2.75) is 0 Å². The predicted molar refractivity (Wildman–Crippen MR) is 55.6 cm³/mol. The number of benzene rings is 1. The van der Waals surface area contributed by atoms with Crippen molar-refractivity contribution < 1.29 is 5.21 Å². The maximum absolute atomic E-state index is 8.41. The summed E-state index contributed by atoms with van der Waals surface area (Å²) in [7, 11) is 0. The molecule has 6 heteroatoms. The molecule has 0 aromatic heterocycles. The van der Waals surface area contributed by atoms with Gasteiger partial charge in [0.2, 0.25) is 0 Å². The average molecular weight is 259 g/mol. The topological polar surface area (TPSA) is 32.6 Å². The van der Waals surface area contributed by atoms with E-state index >= 15 is 0 Å². The highest BCUT2D eigenvalue weighted by atomic mass is 35.5. The van der Waals surface area contributed by atoms with Gasteiger partial charge in [0.1, 0.15) is 0 Å². The fourth-order valence-corrected chi connectivity index (χ4v) is 1.65. The normalized spacial score (nSPS) is 11.8. The van der Waals surface area contributed by atoms with E-state index in [2.05, 4.69) is 5.16 Å². The fraction of sp³-hybridized carbons (Fsp3) is 0. The van der Waals surface area contributed by atoms with Gasteiger partial charge in [0.25, 0.3) is 0 Å². The molecule has 1 aromatic rings. The molecule has 1 rings (SSSR count). The molecule has 1 aromatic carbocycles. The van der Waals surface area contributed by atoms with E-state index in [9.17, 15) is 0 Å². The molecule has 70 valence electrons. The summed E-state index contributed by atoms with van der Waals surface area (Å²) in [6, 6.07) is 2.92. The third-order valence-corrected chi connectivity index (χ3v) is 2.60. The van der Waals surface area contributed by atoms with Crippen molar-refractivity contribution in [3.63, 3.8) is 0 Å². The van der Waals surface area contributed by atoms with Crippen LogP contribution in [-0.2, 0) is 0 Å². The largest absolute Gasteiger partial charge is 0.410 e. The Bertz CT molecular complexity index is 364. The van der Waals surface area contributed by atoms with Gasteiger partial charge in [-0.3, -0.25) is 0 Å². The first-order valence-corrected chi connectivity index (χ1v) is 4.60. The Labute approximate surface area is 94.7 Å². The fourth-order valence-electron chi connectivity index (χ4n) is 0.760. The Morgan fingerprint density at radius 2 is 1.85 bits per heavy atom. The van der Waals surface area contributed by atoms with E-state index in [0.717, 1.165) is 0 Å². The predicted octanol–water partition coefficient (Wildman–Crippen LogP) is 4.02. The molecule has 0 unspecified atom stereocenters. The van der Waals surface area contributed by atoms with Crippen LogP contribution >= 0.6 is 46.4 Å². The Hall–Kier alpha value is -0.150. The monoisotopic (exact) mass is 257 g/mol. The van der Waals surface area contributed by atoms with Gasteiger partial charge in [0, 0.05) is 10.6 Å². The molecule has 1 N–H and O–H groups in total. The maximum atomic E-state index is 8.41. The van der Waals surface area contributed by atoms with E-state index in [-0.39, 0.29) is 15.2 Å². The third-order valence-electron chi connectivity index (χ3n) is 1.30. The maximum Gasteiger partial charge on any atom is 0.176 e. The van der Waals surface area contributed by atoms with Gasteiger partial charge in [0.05, 0.1) is 10.0 Å². The van der Waals surface area contributed by atoms with Crippen LogP contribution in [0, 0.1) is 0 Å². The highest BCUT2D eigenvalue weighted by Gasteiger charge is 2.11. The molecule has 0 saturated heterocycles. The Morgan fingerprint density at radius 1 is 1.23 bits per heavy atom. The number of oxime groups is 1. The second-order valence-corrected chi connectivity index (χ2v) is 3.72. The molecule has 0 spiro atoms. The lowest BCUT2D eigenvalue weighted by molar-refractivity contribution is 0.321. The number of hydrogen-bond donors (Lipinski definition) is 1. The lowest BCUT2D eigenvalue weighted by atomic mass is 10.2. The molecule has 0 amide bonds. The molecule has 0 heterocycles. The molecule has 0 aliphatic heterocycles. The average Bonchev–Trinajstić information content (AvgIpc) is 2.10. The van der Waals surface area contributed by atoms with Gasteiger partial charge in [0.15, 0.2) is 5.17 Å². The van der Waals surface area contributed by atoms with Gasteiger partial charge < -0.3 is 5.21 Å². The molecule has 0 bridgehead atoms. The van der Waals surface area contributed by atoms with E-state index in [4.69, 9.17) is 51.6 Å². The highest BCUT2D eigenvalue weighted by molar-refractivity contribution is 6.70. The van der Waals surface area contributed by atoms with Crippen LogP contribution in [0.2, 0.25) is 15.1 Å². The van der Waals surface area contributed by atoms with Gasteiger partial charge in [-0.1, -0.05) is 51.6 Å². The second-order valence-electron chi connectivity index (χ2n) is 2.14. The van der Waals surface area contributed by atoms with Crippen molar-refractivity contribution in [2.75, 3.05) is 0 Å². The molecule has 13 heavy (non-hydrogen) atoms. The smallest absolute Gasteiger partial charge is 0.176 e. The minimum absolute atomic E-state index is 0.158. The summed E-state index contributed by atoms with van der Waals surface area (Å²) in [6.45, 7) is 0. The molecular weight excluding hydrogens is 256 g/mol. The Kier molecular flexibility index (Phi) is 3.68. The first-order chi connectivity index (χ1) is 6.06. The van der Waals surface area contributed by atoms with Crippen LogP contribution in [-0.4, -0.2) is 10.4 Å². The summed E-state index contributed by atoms with van der Waals surface area (Å²) in [5, 5.41) is 11.9. The summed E-state index contributed by atoms with van der Waals surface area (Å²) >= 11 is 22.7. The van der Waals surface area contributed by atoms with Gasteiger partial charge >= 0.3 is 0 Å². The molecule has 0 aliphatic rings. The van der Waals surface area contributed by atoms with Crippen LogP contribution in [0.25, 0.3) is 0 Å². The number of halogens is 4. The third kappa shape index (κ3) is 2.41. The second kappa shape index (κ2) is 4.38. The van der Waals surface area contributed by atoms with Crippen LogP contribution in [0.15, 0.2) is 17.3 Å². The zero-order valence-electron chi connectivity index (χ0n) is 6.06. The Morgan fingerprint density at radius 3 is 2.38 bits per heavy atom. The standard InChI is InChI=1S/C7H3Cl4NO/c8-3-1-4(7(11)12-13)6(10)5(9)2-3/h1-2,13H. The summed E-state index contributed by atoms with van der Waals surface area (Å²) in [4.78, 5) is 0. The quantitative estimate of drug-likeness (QED) is 0.351. The van der Waals surface area contributed by atoms with Crippen LogP contribution in [0.3, 0.4) is 0 Å². The summed E-state index contributed by atoms with van der Waals surface area (Å²) in [5.41, 5.74) is 0.295. The molecule has 0 fully saturated rings. The molecular formula is C7H3Cl4NO. The van der Waals surface area contributed by atoms with E-state index in [1.807, 2.05) is 0 Å². The van der Waals surface area contributed by atoms with Crippen molar-refractivity contribution in [1.29, 1.82) is 0 Å². The molecule has 0 saturated carbocycles. The van der Waals surface area contributed by atoms with Crippen molar-refractivity contribution in [3.8, 4) is 0 Å². The van der Waals surface area contributed by atoms with E-state index in [1.54, 1.807) is 0 Å². The number of nitrogens with zero attached hydrogens (tertiary/aromatic N) is 1. The SMILES string of the molecule is ON=C(Cl)c1cc(Cl)cc(Cl)c1Cl. The van der Waals surface area contributed by atoms with Crippen LogP contribution in [0.1, 0.15) is 5.56 Å². The zero-order chi connectivity index (χ0) is 10.0. The van der Waals surface area contributed by atoms with Crippen LogP contribution < -0.4 is 0 Å². The van der Waals surface area contributed by atoms with Crippen LogP contribution in [0.4, 0.5) is 0 Å². The zero-order valence-corrected chi connectivity index (χ0v) is 9.08. The van der Waals surface area contributed by atoms with Gasteiger partial charge in [-0.2, -0.15) is 0 Å². The summed E-state index contributed by atoms with van der Waals surface area (Å²) in [6.07, 6.45) is 0. The summed E-state index contributed by atoms with van der Waals surface area (Å²) in [5.74, 6) is 0. The van der Waals surface area contributed by atoms with Gasteiger partial charge in [-0.05, 0) is 12.1 Å². The van der Waals surface area contributed by atoms with E-state index in [1.165, 1.54) is 12.1 Å². The van der Waals surface area contributed by atoms with E-state index in [0.29, 0.717) is 10.6 Å². The Balaban J connectivity index is 3.37. The van der Waals surface area contributed by atoms with Crippen molar-refractivity contribution in [2.24, 2.45) is 5.16 Å². The minimum Gasteiger partial charge on any atom is -0.410 e. The first-order valence-electron chi connectivity index (χ1n) is 3.08. The molecule has 2 nitrogen and oxygen atoms in total. The molecule has 0 atom stereocenters. The molecule has 0 aliphatic carbocycles. The van der Waals surface area contributed by atoms with Gasteiger partial charge in [-0.25, -0.2) is 0 Å². The van der Waals surface area contributed by atoms with Gasteiger partial charge in [-0.15, -0.1) is 0 Å². The van der Waals surface area contributed by atoms with Crippen molar-refractivity contribution in [1.82, 2.24) is 0 Å². The van der Waals surface area contributed by atoms with E-state index < -0.39 is 0 Å². The summed E-state index contributed by atoms with van der Waals surface area (Å²) < 4.78 is 0.